The van der Waals surface area contributed by atoms with Gasteiger partial charge >= 0.3 is 5.97 Å². The molecule has 1 saturated carbocycles. The summed E-state index contributed by atoms with van der Waals surface area (Å²) in [5.74, 6) is 0.0502. The van der Waals surface area contributed by atoms with Crippen LogP contribution in [-0.4, -0.2) is 34.0 Å². The fourth-order valence-corrected chi connectivity index (χ4v) is 3.09. The van der Waals surface area contributed by atoms with Crippen molar-refractivity contribution in [3.8, 4) is 0 Å². The number of carboxylic acid groups (broad SMARTS) is 1. The van der Waals surface area contributed by atoms with Gasteiger partial charge in [-0.3, -0.25) is 9.59 Å². The van der Waals surface area contributed by atoms with Crippen molar-refractivity contribution in [2.75, 3.05) is 12.3 Å². The molecular formula is C14H25NO3S. The highest BCUT2D eigenvalue weighted by Crippen LogP contribution is 2.29. The quantitative estimate of drug-likeness (QED) is 0.763. The SMILES string of the molecule is CC(C)(C)SCCNC(=O)C1CCC(C(=O)O)CC1. The highest BCUT2D eigenvalue weighted by Gasteiger charge is 2.29. The Kier molecular flexibility index (Phi) is 6.17. The number of carbonyl (C=O) groups is 2. The van der Waals surface area contributed by atoms with Gasteiger partial charge in [-0.1, -0.05) is 20.8 Å². The monoisotopic (exact) mass is 287 g/mol. The van der Waals surface area contributed by atoms with Gasteiger partial charge in [0.1, 0.15) is 0 Å². The van der Waals surface area contributed by atoms with Gasteiger partial charge in [-0.25, -0.2) is 0 Å². The second kappa shape index (κ2) is 7.17. The van der Waals surface area contributed by atoms with Crippen LogP contribution in [0.2, 0.25) is 0 Å². The van der Waals surface area contributed by atoms with Crippen LogP contribution >= 0.6 is 11.8 Å². The number of carboxylic acids is 1. The molecule has 0 spiro atoms. The third kappa shape index (κ3) is 6.32. The van der Waals surface area contributed by atoms with Crippen molar-refractivity contribution < 1.29 is 14.7 Å². The number of amides is 1. The first-order valence-electron chi connectivity index (χ1n) is 6.94. The van der Waals surface area contributed by atoms with Crippen LogP contribution in [0.1, 0.15) is 46.5 Å². The van der Waals surface area contributed by atoms with E-state index in [1.807, 2.05) is 11.8 Å². The molecule has 1 rings (SSSR count). The first-order chi connectivity index (χ1) is 8.79. The molecular weight excluding hydrogens is 262 g/mol. The van der Waals surface area contributed by atoms with Gasteiger partial charge in [0, 0.05) is 23.0 Å². The summed E-state index contributed by atoms with van der Waals surface area (Å²) < 4.78 is 0.226. The molecule has 0 aromatic carbocycles. The fraction of sp³-hybridized carbons (Fsp3) is 0.857. The van der Waals surface area contributed by atoms with E-state index in [4.69, 9.17) is 5.11 Å². The Morgan fingerprint density at radius 1 is 1.16 bits per heavy atom. The molecule has 5 heteroatoms. The largest absolute Gasteiger partial charge is 0.481 e. The van der Waals surface area contributed by atoms with Crippen LogP contribution in [0.25, 0.3) is 0 Å². The zero-order valence-electron chi connectivity index (χ0n) is 12.1. The Morgan fingerprint density at radius 2 is 1.68 bits per heavy atom. The summed E-state index contributed by atoms with van der Waals surface area (Å²) in [6.07, 6.45) is 2.67. The topological polar surface area (TPSA) is 66.4 Å². The van der Waals surface area contributed by atoms with E-state index in [2.05, 4.69) is 26.1 Å². The van der Waals surface area contributed by atoms with Crippen molar-refractivity contribution in [3.05, 3.63) is 0 Å². The molecule has 0 atom stereocenters. The Balaban J connectivity index is 2.19. The average molecular weight is 287 g/mol. The van der Waals surface area contributed by atoms with Crippen LogP contribution < -0.4 is 5.32 Å². The van der Waals surface area contributed by atoms with E-state index in [-0.39, 0.29) is 22.5 Å². The summed E-state index contributed by atoms with van der Waals surface area (Å²) in [6, 6.07) is 0. The summed E-state index contributed by atoms with van der Waals surface area (Å²) in [7, 11) is 0. The number of carbonyl (C=O) groups excluding carboxylic acids is 1. The van der Waals surface area contributed by atoms with Crippen molar-refractivity contribution >= 4 is 23.6 Å². The average Bonchev–Trinajstić information content (AvgIpc) is 2.33. The molecule has 0 bridgehead atoms. The smallest absolute Gasteiger partial charge is 0.306 e. The Hall–Kier alpha value is -0.710. The summed E-state index contributed by atoms with van der Waals surface area (Å²) in [6.45, 7) is 7.17. The van der Waals surface area contributed by atoms with Crippen LogP contribution in [0.3, 0.4) is 0 Å². The van der Waals surface area contributed by atoms with Gasteiger partial charge in [-0.15, -0.1) is 0 Å². The standard InChI is InChI=1S/C14H25NO3S/c1-14(2,3)19-9-8-15-12(16)10-4-6-11(7-5-10)13(17)18/h10-11H,4-9H2,1-3H3,(H,15,16)(H,17,18). The van der Waals surface area contributed by atoms with Gasteiger partial charge in [-0.05, 0) is 25.7 Å². The second-order valence-corrected chi connectivity index (χ2v) is 8.06. The van der Waals surface area contributed by atoms with Gasteiger partial charge < -0.3 is 10.4 Å². The lowest BCUT2D eigenvalue weighted by atomic mass is 9.81. The number of rotatable bonds is 5. The van der Waals surface area contributed by atoms with E-state index < -0.39 is 5.97 Å². The molecule has 0 aliphatic heterocycles. The van der Waals surface area contributed by atoms with Gasteiger partial charge in [-0.2, -0.15) is 11.8 Å². The molecule has 0 unspecified atom stereocenters. The third-order valence-electron chi connectivity index (χ3n) is 3.38. The maximum Gasteiger partial charge on any atom is 0.306 e. The predicted octanol–water partition coefficient (Wildman–Crippen LogP) is 2.53. The Bertz CT molecular complexity index is 317. The molecule has 1 fully saturated rings. The Morgan fingerprint density at radius 3 is 2.16 bits per heavy atom. The number of aliphatic carboxylic acids is 1. The third-order valence-corrected chi connectivity index (χ3v) is 4.66. The van der Waals surface area contributed by atoms with Crippen LogP contribution in [0.4, 0.5) is 0 Å². The van der Waals surface area contributed by atoms with Crippen LogP contribution in [0.15, 0.2) is 0 Å². The number of hydrogen-bond acceptors (Lipinski definition) is 3. The van der Waals surface area contributed by atoms with Crippen molar-refractivity contribution in [1.29, 1.82) is 0 Å². The Labute approximate surface area is 119 Å². The van der Waals surface area contributed by atoms with Gasteiger partial charge in [0.2, 0.25) is 5.91 Å². The van der Waals surface area contributed by atoms with Gasteiger partial charge in [0.15, 0.2) is 0 Å². The maximum absolute atomic E-state index is 11.9. The van der Waals surface area contributed by atoms with E-state index in [0.717, 1.165) is 5.75 Å². The molecule has 2 N–H and O–H groups in total. The molecule has 1 amide bonds. The van der Waals surface area contributed by atoms with Crippen LogP contribution in [-0.2, 0) is 9.59 Å². The van der Waals surface area contributed by atoms with E-state index >= 15 is 0 Å². The molecule has 1 aliphatic rings. The molecule has 0 saturated heterocycles. The zero-order chi connectivity index (χ0) is 14.5. The van der Waals surface area contributed by atoms with Gasteiger partial charge in [0.05, 0.1) is 5.92 Å². The molecule has 0 aromatic rings. The van der Waals surface area contributed by atoms with E-state index in [9.17, 15) is 9.59 Å². The van der Waals surface area contributed by atoms with Crippen molar-refractivity contribution in [2.24, 2.45) is 11.8 Å². The second-order valence-electron chi connectivity index (χ2n) is 6.14. The summed E-state index contributed by atoms with van der Waals surface area (Å²) in [4.78, 5) is 22.8. The zero-order valence-corrected chi connectivity index (χ0v) is 12.9. The molecule has 0 heterocycles. The number of thioether (sulfide) groups is 1. The van der Waals surface area contributed by atoms with Crippen molar-refractivity contribution in [3.63, 3.8) is 0 Å². The summed E-state index contributed by atoms with van der Waals surface area (Å²) in [5, 5.41) is 11.9. The summed E-state index contributed by atoms with van der Waals surface area (Å²) in [5.41, 5.74) is 0. The molecule has 1 aliphatic carbocycles. The first kappa shape index (κ1) is 16.3. The highest BCUT2D eigenvalue weighted by molar-refractivity contribution is 8.00. The number of hydrogen-bond donors (Lipinski definition) is 2. The van der Waals surface area contributed by atoms with E-state index in [1.54, 1.807) is 0 Å². The normalized spacial score (nSPS) is 23.9. The molecule has 0 aromatic heterocycles. The minimum absolute atomic E-state index is 0.00948. The lowest BCUT2D eigenvalue weighted by Gasteiger charge is -2.25. The van der Waals surface area contributed by atoms with E-state index in [1.165, 1.54) is 0 Å². The van der Waals surface area contributed by atoms with Crippen molar-refractivity contribution in [1.82, 2.24) is 5.32 Å². The molecule has 0 radical (unpaired) electrons. The summed E-state index contributed by atoms with van der Waals surface area (Å²) >= 11 is 1.83. The maximum atomic E-state index is 11.9. The molecule has 19 heavy (non-hydrogen) atoms. The lowest BCUT2D eigenvalue weighted by Crippen LogP contribution is -2.35. The highest BCUT2D eigenvalue weighted by atomic mass is 32.2. The van der Waals surface area contributed by atoms with Crippen molar-refractivity contribution in [2.45, 2.75) is 51.2 Å². The van der Waals surface area contributed by atoms with Crippen LogP contribution in [0.5, 0.6) is 0 Å². The van der Waals surface area contributed by atoms with E-state index in [0.29, 0.717) is 32.2 Å². The predicted molar refractivity (Wildman–Crippen MR) is 78.3 cm³/mol. The van der Waals surface area contributed by atoms with Crippen LogP contribution in [0, 0.1) is 11.8 Å². The van der Waals surface area contributed by atoms with Gasteiger partial charge in [0.25, 0.3) is 0 Å². The molecule has 110 valence electrons. The number of nitrogens with one attached hydrogen (secondary N) is 1. The fourth-order valence-electron chi connectivity index (χ4n) is 2.28. The minimum Gasteiger partial charge on any atom is -0.481 e. The minimum atomic E-state index is -0.722. The first-order valence-corrected chi connectivity index (χ1v) is 7.92. The lowest BCUT2D eigenvalue weighted by molar-refractivity contribution is -0.144. The molecule has 4 nitrogen and oxygen atoms in total.